The van der Waals surface area contributed by atoms with Crippen molar-refractivity contribution >= 4 is 17.4 Å². The summed E-state index contributed by atoms with van der Waals surface area (Å²) >= 11 is 0. The average molecular weight is 421 g/mol. The molecule has 1 saturated heterocycles. The number of methoxy groups -OCH3 is 2. The number of carbonyl (C=O) groups is 2. The molecule has 0 saturated carbocycles. The van der Waals surface area contributed by atoms with E-state index >= 15 is 0 Å². The fourth-order valence-electron chi connectivity index (χ4n) is 4.14. The van der Waals surface area contributed by atoms with Gasteiger partial charge in [-0.05, 0) is 23.3 Å². The van der Waals surface area contributed by atoms with E-state index in [0.29, 0.717) is 41.4 Å². The van der Waals surface area contributed by atoms with Gasteiger partial charge in [-0.25, -0.2) is 0 Å². The number of nitrogens with zero attached hydrogens (tertiary/aromatic N) is 3. The fourth-order valence-corrected chi connectivity index (χ4v) is 4.14. The minimum atomic E-state index is -0.293. The van der Waals surface area contributed by atoms with E-state index < -0.39 is 0 Å². The largest absolute Gasteiger partial charge is 0.493 e. The van der Waals surface area contributed by atoms with Crippen LogP contribution in [0.4, 0.5) is 0 Å². The standard InChI is InChI=1S/C24H27N3O4/c1-25-23(28)21(18-9-10-19(30-2)20(15-18)31-3)22(24(25)29)27-13-11-26(12-14-27)16-17-7-5-4-6-8-17/h4-10,15H,11-14,16H2,1-3H3. The Bertz CT molecular complexity index is 1010. The Morgan fingerprint density at radius 3 is 2.16 bits per heavy atom. The first-order chi connectivity index (χ1) is 15.0. The first-order valence-corrected chi connectivity index (χ1v) is 10.3. The molecule has 2 aliphatic rings. The zero-order valence-corrected chi connectivity index (χ0v) is 18.1. The van der Waals surface area contributed by atoms with Crippen molar-refractivity contribution in [2.45, 2.75) is 6.54 Å². The molecule has 4 rings (SSSR count). The van der Waals surface area contributed by atoms with Crippen LogP contribution in [0.15, 0.2) is 54.2 Å². The number of piperazine rings is 1. The lowest BCUT2D eigenvalue weighted by molar-refractivity contribution is -0.136. The fraction of sp³-hybridized carbons (Fsp3) is 0.333. The highest BCUT2D eigenvalue weighted by atomic mass is 16.5. The van der Waals surface area contributed by atoms with Crippen LogP contribution in [-0.4, -0.2) is 74.0 Å². The number of hydrogen-bond acceptors (Lipinski definition) is 6. The van der Waals surface area contributed by atoms with E-state index in [4.69, 9.17) is 9.47 Å². The number of likely N-dealkylation sites (N-methyl/N-ethyl adjacent to an activating group) is 1. The molecular formula is C24H27N3O4. The number of amides is 2. The van der Waals surface area contributed by atoms with Gasteiger partial charge in [0.2, 0.25) is 0 Å². The zero-order chi connectivity index (χ0) is 22.0. The second kappa shape index (κ2) is 8.81. The molecule has 7 heteroatoms. The van der Waals surface area contributed by atoms with Gasteiger partial charge in [-0.2, -0.15) is 0 Å². The number of imide groups is 1. The topological polar surface area (TPSA) is 62.3 Å². The molecule has 0 aromatic heterocycles. The Kier molecular flexibility index (Phi) is 5.95. The molecule has 0 bridgehead atoms. The van der Waals surface area contributed by atoms with Crippen molar-refractivity contribution in [1.82, 2.24) is 14.7 Å². The van der Waals surface area contributed by atoms with E-state index in [2.05, 4.69) is 17.0 Å². The second-order valence-corrected chi connectivity index (χ2v) is 7.71. The van der Waals surface area contributed by atoms with Crippen LogP contribution in [0.1, 0.15) is 11.1 Å². The van der Waals surface area contributed by atoms with E-state index in [0.717, 1.165) is 19.6 Å². The lowest BCUT2D eigenvalue weighted by Crippen LogP contribution is -2.46. The molecule has 0 unspecified atom stereocenters. The number of hydrogen-bond donors (Lipinski definition) is 0. The van der Waals surface area contributed by atoms with Gasteiger partial charge in [0.05, 0.1) is 19.8 Å². The van der Waals surface area contributed by atoms with Crippen LogP contribution in [0.3, 0.4) is 0 Å². The van der Waals surface area contributed by atoms with Gasteiger partial charge in [0.1, 0.15) is 5.70 Å². The summed E-state index contributed by atoms with van der Waals surface area (Å²) in [5, 5.41) is 0. The molecule has 1 fully saturated rings. The molecule has 0 radical (unpaired) electrons. The van der Waals surface area contributed by atoms with E-state index in [-0.39, 0.29) is 11.8 Å². The van der Waals surface area contributed by atoms with Crippen molar-refractivity contribution in [2.24, 2.45) is 0 Å². The average Bonchev–Trinajstić information content (AvgIpc) is 3.03. The van der Waals surface area contributed by atoms with E-state index in [1.807, 2.05) is 23.1 Å². The highest BCUT2D eigenvalue weighted by molar-refractivity contribution is 6.35. The van der Waals surface area contributed by atoms with Crippen LogP contribution in [0, 0.1) is 0 Å². The van der Waals surface area contributed by atoms with Gasteiger partial charge in [0, 0.05) is 39.8 Å². The van der Waals surface area contributed by atoms with Crippen molar-refractivity contribution < 1.29 is 19.1 Å². The number of rotatable bonds is 6. The molecule has 162 valence electrons. The molecule has 0 spiro atoms. The SMILES string of the molecule is COc1ccc(C2=C(N3CCN(Cc4ccccc4)CC3)C(=O)N(C)C2=O)cc1OC. The van der Waals surface area contributed by atoms with Crippen molar-refractivity contribution in [2.75, 3.05) is 47.4 Å². The Labute approximate surface area is 182 Å². The maximum absolute atomic E-state index is 13.0. The van der Waals surface area contributed by atoms with Crippen molar-refractivity contribution in [3.05, 3.63) is 65.4 Å². The summed E-state index contributed by atoms with van der Waals surface area (Å²) < 4.78 is 10.7. The zero-order valence-electron chi connectivity index (χ0n) is 18.1. The third-order valence-corrected chi connectivity index (χ3v) is 5.87. The monoisotopic (exact) mass is 421 g/mol. The quantitative estimate of drug-likeness (QED) is 0.667. The summed E-state index contributed by atoms with van der Waals surface area (Å²) in [6.07, 6.45) is 0. The van der Waals surface area contributed by atoms with Crippen LogP contribution < -0.4 is 9.47 Å². The summed E-state index contributed by atoms with van der Waals surface area (Å²) in [6.45, 7) is 3.90. The first-order valence-electron chi connectivity index (χ1n) is 10.3. The summed E-state index contributed by atoms with van der Waals surface area (Å²) in [4.78, 5) is 31.6. The summed E-state index contributed by atoms with van der Waals surface area (Å²) in [5.74, 6) is 0.549. The minimum absolute atomic E-state index is 0.258. The van der Waals surface area contributed by atoms with E-state index in [9.17, 15) is 9.59 Å². The highest BCUT2D eigenvalue weighted by Gasteiger charge is 2.40. The number of benzene rings is 2. The first kappa shape index (κ1) is 20.9. The molecule has 2 heterocycles. The van der Waals surface area contributed by atoms with Crippen molar-refractivity contribution in [1.29, 1.82) is 0 Å². The Hall–Kier alpha value is -3.32. The van der Waals surface area contributed by atoms with Crippen molar-refractivity contribution in [3.63, 3.8) is 0 Å². The molecule has 7 nitrogen and oxygen atoms in total. The Balaban J connectivity index is 1.59. The lowest BCUT2D eigenvalue weighted by Gasteiger charge is -2.36. The molecule has 2 aliphatic heterocycles. The maximum Gasteiger partial charge on any atom is 0.277 e. The minimum Gasteiger partial charge on any atom is -0.493 e. The molecule has 0 atom stereocenters. The van der Waals surface area contributed by atoms with Crippen LogP contribution in [0.25, 0.3) is 5.57 Å². The summed E-state index contributed by atoms with van der Waals surface area (Å²) in [6, 6.07) is 15.7. The molecule has 0 aliphatic carbocycles. The van der Waals surface area contributed by atoms with Gasteiger partial charge >= 0.3 is 0 Å². The Morgan fingerprint density at radius 2 is 1.52 bits per heavy atom. The second-order valence-electron chi connectivity index (χ2n) is 7.71. The normalized spacial score (nSPS) is 17.5. The van der Waals surface area contributed by atoms with Crippen molar-refractivity contribution in [3.8, 4) is 11.5 Å². The molecule has 31 heavy (non-hydrogen) atoms. The van der Waals surface area contributed by atoms with Crippen LogP contribution in [-0.2, 0) is 16.1 Å². The molecular weight excluding hydrogens is 394 g/mol. The van der Waals surface area contributed by atoms with Crippen LogP contribution in [0.5, 0.6) is 11.5 Å². The molecule has 2 amide bonds. The third-order valence-electron chi connectivity index (χ3n) is 5.87. The van der Waals surface area contributed by atoms with Gasteiger partial charge in [0.25, 0.3) is 11.8 Å². The van der Waals surface area contributed by atoms with E-state index in [1.54, 1.807) is 32.4 Å². The highest BCUT2D eigenvalue weighted by Crippen LogP contribution is 2.36. The number of ether oxygens (including phenoxy) is 2. The van der Waals surface area contributed by atoms with Crippen LogP contribution >= 0.6 is 0 Å². The third kappa shape index (κ3) is 4.01. The smallest absolute Gasteiger partial charge is 0.277 e. The van der Waals surface area contributed by atoms with Crippen LogP contribution in [0.2, 0.25) is 0 Å². The predicted octanol–water partition coefficient (Wildman–Crippen LogP) is 2.23. The predicted molar refractivity (Wildman–Crippen MR) is 118 cm³/mol. The molecule has 2 aromatic rings. The Morgan fingerprint density at radius 1 is 0.839 bits per heavy atom. The van der Waals surface area contributed by atoms with Gasteiger partial charge in [-0.3, -0.25) is 19.4 Å². The summed E-state index contributed by atoms with van der Waals surface area (Å²) in [5.41, 5.74) is 2.82. The van der Waals surface area contributed by atoms with Gasteiger partial charge in [0.15, 0.2) is 11.5 Å². The van der Waals surface area contributed by atoms with Gasteiger partial charge in [-0.15, -0.1) is 0 Å². The van der Waals surface area contributed by atoms with Gasteiger partial charge in [-0.1, -0.05) is 36.4 Å². The lowest BCUT2D eigenvalue weighted by atomic mass is 10.0. The van der Waals surface area contributed by atoms with E-state index in [1.165, 1.54) is 17.5 Å². The summed E-state index contributed by atoms with van der Waals surface area (Å²) in [7, 11) is 4.65. The molecule has 2 aromatic carbocycles. The maximum atomic E-state index is 13.0. The number of carbonyl (C=O) groups excluding carboxylic acids is 2. The van der Waals surface area contributed by atoms with Gasteiger partial charge < -0.3 is 14.4 Å². The molecule has 0 N–H and O–H groups in total.